The number of aliphatic hydroxyl groups is 1. The van der Waals surface area contributed by atoms with Crippen LogP contribution >= 0.6 is 23.1 Å². The van der Waals surface area contributed by atoms with Crippen LogP contribution in [0.5, 0.6) is 0 Å². The van der Waals surface area contributed by atoms with Gasteiger partial charge in [0, 0.05) is 29.1 Å². The number of nitrogens with one attached hydrogen (secondary N) is 1. The van der Waals surface area contributed by atoms with Crippen LogP contribution in [-0.4, -0.2) is 53.5 Å². The lowest BCUT2D eigenvalue weighted by Crippen LogP contribution is -2.35. The zero-order valence-corrected chi connectivity index (χ0v) is 13.9. The molecule has 1 unspecified atom stereocenters. The van der Waals surface area contributed by atoms with Gasteiger partial charge >= 0.3 is 0 Å². The molecular formula is C14H24N2O2S2. The van der Waals surface area contributed by atoms with E-state index in [2.05, 4.69) is 16.6 Å². The van der Waals surface area contributed by atoms with Crippen molar-refractivity contribution in [3.05, 3.63) is 16.1 Å². The SMILES string of the molecule is CSC1(CNCC(O)COCCc2scnc2C)CC1. The molecule has 20 heavy (non-hydrogen) atoms. The largest absolute Gasteiger partial charge is 0.389 e. The van der Waals surface area contributed by atoms with Crippen molar-refractivity contribution < 1.29 is 9.84 Å². The summed E-state index contributed by atoms with van der Waals surface area (Å²) in [6.45, 7) is 4.67. The molecule has 1 atom stereocenters. The summed E-state index contributed by atoms with van der Waals surface area (Å²) < 4.78 is 5.98. The monoisotopic (exact) mass is 316 g/mol. The first-order valence-electron chi connectivity index (χ1n) is 7.06. The van der Waals surface area contributed by atoms with Gasteiger partial charge in [0.2, 0.25) is 0 Å². The van der Waals surface area contributed by atoms with Crippen molar-refractivity contribution in [2.45, 2.75) is 37.0 Å². The van der Waals surface area contributed by atoms with Crippen LogP contribution in [-0.2, 0) is 11.2 Å². The van der Waals surface area contributed by atoms with Crippen LogP contribution in [0.1, 0.15) is 23.4 Å². The maximum absolute atomic E-state index is 9.85. The van der Waals surface area contributed by atoms with E-state index in [4.69, 9.17) is 4.74 Å². The lowest BCUT2D eigenvalue weighted by Gasteiger charge is -2.16. The van der Waals surface area contributed by atoms with Crippen molar-refractivity contribution in [1.82, 2.24) is 10.3 Å². The zero-order valence-electron chi connectivity index (χ0n) is 12.2. The van der Waals surface area contributed by atoms with Gasteiger partial charge in [-0.05, 0) is 26.0 Å². The minimum Gasteiger partial charge on any atom is -0.389 e. The summed E-state index contributed by atoms with van der Waals surface area (Å²) in [7, 11) is 0. The van der Waals surface area contributed by atoms with E-state index in [1.807, 2.05) is 24.2 Å². The first kappa shape index (κ1) is 16.2. The topological polar surface area (TPSA) is 54.4 Å². The Balaban J connectivity index is 1.50. The molecule has 6 heteroatoms. The molecule has 1 aliphatic rings. The zero-order chi connectivity index (χ0) is 14.4. The molecule has 0 radical (unpaired) electrons. The van der Waals surface area contributed by atoms with Crippen LogP contribution in [0.2, 0.25) is 0 Å². The van der Waals surface area contributed by atoms with Gasteiger partial charge in [0.1, 0.15) is 0 Å². The van der Waals surface area contributed by atoms with E-state index in [0.29, 0.717) is 24.5 Å². The molecule has 0 aromatic carbocycles. The highest BCUT2D eigenvalue weighted by Crippen LogP contribution is 2.46. The molecule has 1 aromatic heterocycles. The molecule has 4 nitrogen and oxygen atoms in total. The molecule has 0 amide bonds. The van der Waals surface area contributed by atoms with E-state index >= 15 is 0 Å². The Labute approximate surface area is 129 Å². The quantitative estimate of drug-likeness (QED) is 0.645. The average Bonchev–Trinajstić information content (AvgIpc) is 3.11. The van der Waals surface area contributed by atoms with Crippen LogP contribution < -0.4 is 5.32 Å². The number of aliphatic hydroxyl groups excluding tert-OH is 1. The van der Waals surface area contributed by atoms with Crippen molar-refractivity contribution in [1.29, 1.82) is 0 Å². The second-order valence-electron chi connectivity index (χ2n) is 5.36. The van der Waals surface area contributed by atoms with Crippen LogP contribution in [0.3, 0.4) is 0 Å². The molecule has 1 fully saturated rings. The molecule has 1 saturated carbocycles. The maximum atomic E-state index is 9.85. The summed E-state index contributed by atoms with van der Waals surface area (Å²) in [6, 6.07) is 0. The predicted molar refractivity (Wildman–Crippen MR) is 85.7 cm³/mol. The highest BCUT2D eigenvalue weighted by molar-refractivity contribution is 8.00. The van der Waals surface area contributed by atoms with Crippen molar-refractivity contribution in [2.75, 3.05) is 32.6 Å². The standard InChI is InChI=1S/C14H24N2O2S2/c1-11-13(20-10-16-11)3-6-18-8-12(17)7-15-9-14(19-2)4-5-14/h10,12,15,17H,3-9H2,1-2H3. The predicted octanol–water partition coefficient (Wildman–Crippen LogP) is 1.86. The van der Waals surface area contributed by atoms with Crippen LogP contribution in [0, 0.1) is 6.92 Å². The van der Waals surface area contributed by atoms with Crippen molar-refractivity contribution >= 4 is 23.1 Å². The molecule has 1 aromatic rings. The van der Waals surface area contributed by atoms with Gasteiger partial charge in [0.25, 0.3) is 0 Å². The molecule has 0 bridgehead atoms. The third-order valence-electron chi connectivity index (χ3n) is 3.70. The molecule has 114 valence electrons. The van der Waals surface area contributed by atoms with E-state index < -0.39 is 6.10 Å². The number of nitrogens with zero attached hydrogens (tertiary/aromatic N) is 1. The van der Waals surface area contributed by atoms with E-state index in [9.17, 15) is 5.11 Å². The summed E-state index contributed by atoms with van der Waals surface area (Å²) in [5, 5.41) is 13.2. The molecule has 2 rings (SSSR count). The van der Waals surface area contributed by atoms with Gasteiger partial charge in [-0.15, -0.1) is 11.3 Å². The first-order valence-corrected chi connectivity index (χ1v) is 9.16. The van der Waals surface area contributed by atoms with Crippen molar-refractivity contribution in [2.24, 2.45) is 0 Å². The average molecular weight is 316 g/mol. The number of aromatic nitrogens is 1. The molecular weight excluding hydrogens is 292 g/mol. The minimum atomic E-state index is -0.421. The molecule has 0 spiro atoms. The third-order valence-corrected chi connectivity index (χ3v) is 6.11. The number of rotatable bonds is 10. The Bertz CT molecular complexity index is 408. The Kier molecular flexibility index (Phi) is 6.29. The Hall–Kier alpha value is -0.140. The lowest BCUT2D eigenvalue weighted by molar-refractivity contribution is 0.0386. The summed E-state index contributed by atoms with van der Waals surface area (Å²) in [5.74, 6) is 0. The highest BCUT2D eigenvalue weighted by Gasteiger charge is 2.41. The Morgan fingerprint density at radius 3 is 3.00 bits per heavy atom. The van der Waals surface area contributed by atoms with E-state index in [-0.39, 0.29) is 0 Å². The number of thiazole rings is 1. The van der Waals surface area contributed by atoms with Gasteiger partial charge in [0.15, 0.2) is 0 Å². The second-order valence-corrected chi connectivity index (χ2v) is 7.57. The molecule has 1 heterocycles. The van der Waals surface area contributed by atoms with E-state index in [1.54, 1.807) is 11.3 Å². The van der Waals surface area contributed by atoms with Crippen LogP contribution in [0.4, 0.5) is 0 Å². The molecule has 2 N–H and O–H groups in total. The van der Waals surface area contributed by atoms with E-state index in [0.717, 1.165) is 18.7 Å². The smallest absolute Gasteiger partial charge is 0.0897 e. The fourth-order valence-corrected chi connectivity index (χ4v) is 3.59. The Morgan fingerprint density at radius 1 is 1.60 bits per heavy atom. The van der Waals surface area contributed by atoms with Gasteiger partial charge in [0.05, 0.1) is 30.5 Å². The number of ether oxygens (including phenoxy) is 1. The van der Waals surface area contributed by atoms with Gasteiger partial charge in [-0.3, -0.25) is 0 Å². The van der Waals surface area contributed by atoms with Gasteiger partial charge < -0.3 is 15.2 Å². The molecule has 1 aliphatic carbocycles. The fourth-order valence-electron chi connectivity index (χ4n) is 2.07. The molecule has 0 saturated heterocycles. The third kappa shape index (κ3) is 5.00. The number of aryl methyl sites for hydroxylation is 1. The highest BCUT2D eigenvalue weighted by atomic mass is 32.2. The second kappa shape index (κ2) is 7.75. The van der Waals surface area contributed by atoms with Gasteiger partial charge in [-0.1, -0.05) is 0 Å². The molecule has 0 aliphatic heterocycles. The van der Waals surface area contributed by atoms with Crippen molar-refractivity contribution in [3.8, 4) is 0 Å². The normalized spacial score (nSPS) is 18.1. The summed E-state index contributed by atoms with van der Waals surface area (Å²) in [5.41, 5.74) is 2.95. The van der Waals surface area contributed by atoms with Crippen LogP contribution in [0.15, 0.2) is 5.51 Å². The first-order chi connectivity index (χ1) is 9.65. The maximum Gasteiger partial charge on any atom is 0.0897 e. The number of hydrogen-bond donors (Lipinski definition) is 2. The summed E-state index contributed by atoms with van der Waals surface area (Å²) in [4.78, 5) is 5.48. The summed E-state index contributed by atoms with van der Waals surface area (Å²) in [6.07, 6.45) is 5.21. The van der Waals surface area contributed by atoms with E-state index in [1.165, 1.54) is 17.7 Å². The van der Waals surface area contributed by atoms with Gasteiger partial charge in [-0.2, -0.15) is 11.8 Å². The summed E-state index contributed by atoms with van der Waals surface area (Å²) >= 11 is 3.60. The lowest BCUT2D eigenvalue weighted by atomic mass is 10.3. The van der Waals surface area contributed by atoms with Crippen LogP contribution in [0.25, 0.3) is 0 Å². The van der Waals surface area contributed by atoms with Crippen molar-refractivity contribution in [3.63, 3.8) is 0 Å². The fraction of sp³-hybridized carbons (Fsp3) is 0.786. The minimum absolute atomic E-state index is 0.400. The number of thioether (sulfide) groups is 1. The Morgan fingerprint density at radius 2 is 2.40 bits per heavy atom. The van der Waals surface area contributed by atoms with Gasteiger partial charge in [-0.25, -0.2) is 4.98 Å². The number of hydrogen-bond acceptors (Lipinski definition) is 6.